The molecule has 3 rings (SSSR count). The zero-order chi connectivity index (χ0) is 16.4. The number of hydrogen-bond acceptors (Lipinski definition) is 4. The average Bonchev–Trinajstić information content (AvgIpc) is 3.06. The predicted octanol–water partition coefficient (Wildman–Crippen LogP) is 4.10. The van der Waals surface area contributed by atoms with Crippen molar-refractivity contribution in [2.24, 2.45) is 0 Å². The quantitative estimate of drug-likeness (QED) is 0.716. The second kappa shape index (κ2) is 6.52. The third kappa shape index (κ3) is 3.87. The lowest BCUT2D eigenvalue weighted by Gasteiger charge is -2.04. The molecule has 0 fully saturated rings. The van der Waals surface area contributed by atoms with E-state index >= 15 is 0 Å². The van der Waals surface area contributed by atoms with E-state index in [1.54, 1.807) is 10.9 Å². The van der Waals surface area contributed by atoms with Crippen LogP contribution < -0.4 is 4.72 Å². The first-order valence-corrected chi connectivity index (χ1v) is 9.53. The van der Waals surface area contributed by atoms with Crippen molar-refractivity contribution in [3.05, 3.63) is 63.0 Å². The number of benzene rings is 1. The number of nitrogens with zero attached hydrogens (tertiary/aromatic N) is 2. The first kappa shape index (κ1) is 16.3. The van der Waals surface area contributed by atoms with Gasteiger partial charge in [0.15, 0.2) is 0 Å². The summed E-state index contributed by atoms with van der Waals surface area (Å²) in [6.07, 6.45) is 3.06. The molecule has 2 heterocycles. The molecule has 3 aromatic rings. The van der Waals surface area contributed by atoms with E-state index in [1.807, 2.05) is 30.3 Å². The van der Waals surface area contributed by atoms with Crippen molar-refractivity contribution in [1.82, 2.24) is 9.78 Å². The van der Waals surface area contributed by atoms with Crippen LogP contribution in [0.25, 0.3) is 0 Å². The van der Waals surface area contributed by atoms with Crippen LogP contribution in [0.1, 0.15) is 5.56 Å². The topological polar surface area (TPSA) is 64.0 Å². The number of sulfonamides is 1. The van der Waals surface area contributed by atoms with E-state index < -0.39 is 10.0 Å². The van der Waals surface area contributed by atoms with Crippen LogP contribution in [0.5, 0.6) is 0 Å². The van der Waals surface area contributed by atoms with Crippen LogP contribution in [-0.2, 0) is 16.6 Å². The molecule has 9 heteroatoms. The van der Waals surface area contributed by atoms with E-state index in [0.717, 1.165) is 16.9 Å². The third-order valence-electron chi connectivity index (χ3n) is 2.99. The number of anilines is 1. The molecule has 5 nitrogen and oxygen atoms in total. The lowest BCUT2D eigenvalue weighted by molar-refractivity contribution is 0.601. The Kier molecular flexibility index (Phi) is 4.63. The maximum atomic E-state index is 12.3. The first-order valence-electron chi connectivity index (χ1n) is 6.48. The molecule has 0 unspecified atom stereocenters. The maximum Gasteiger partial charge on any atom is 0.264 e. The molecule has 1 N–H and O–H groups in total. The van der Waals surface area contributed by atoms with Crippen LogP contribution in [0, 0.1) is 0 Å². The molecule has 0 radical (unpaired) electrons. The Bertz CT molecular complexity index is 921. The summed E-state index contributed by atoms with van der Waals surface area (Å²) >= 11 is 12.7. The van der Waals surface area contributed by atoms with Crippen LogP contribution in [0.15, 0.2) is 53.7 Å². The molecule has 0 saturated heterocycles. The van der Waals surface area contributed by atoms with Gasteiger partial charge in [-0.25, -0.2) is 8.42 Å². The highest BCUT2D eigenvalue weighted by molar-refractivity contribution is 7.93. The normalized spacial score (nSPS) is 11.6. The molecule has 1 aromatic carbocycles. The number of nitrogens with one attached hydrogen (secondary N) is 1. The lowest BCUT2D eigenvalue weighted by atomic mass is 10.2. The molecule has 120 valence electrons. The van der Waals surface area contributed by atoms with Gasteiger partial charge >= 0.3 is 0 Å². The smallest absolute Gasteiger partial charge is 0.264 e. The maximum absolute atomic E-state index is 12.3. The van der Waals surface area contributed by atoms with Crippen LogP contribution in [-0.4, -0.2) is 18.2 Å². The van der Waals surface area contributed by atoms with Crippen molar-refractivity contribution in [3.8, 4) is 0 Å². The minimum absolute atomic E-state index is 0.0371. The van der Waals surface area contributed by atoms with Gasteiger partial charge in [0.2, 0.25) is 0 Å². The highest BCUT2D eigenvalue weighted by Gasteiger charge is 2.21. The van der Waals surface area contributed by atoms with E-state index in [4.69, 9.17) is 23.2 Å². The number of halogens is 2. The third-order valence-corrected chi connectivity index (χ3v) is 6.12. The summed E-state index contributed by atoms with van der Waals surface area (Å²) in [4.78, 5) is -0.0371. The van der Waals surface area contributed by atoms with Gasteiger partial charge < -0.3 is 0 Å². The number of hydrogen-bond donors (Lipinski definition) is 1. The van der Waals surface area contributed by atoms with E-state index in [1.165, 1.54) is 12.3 Å². The van der Waals surface area contributed by atoms with Crippen LogP contribution in [0.2, 0.25) is 8.67 Å². The van der Waals surface area contributed by atoms with Crippen molar-refractivity contribution >= 4 is 50.2 Å². The monoisotopic (exact) mass is 387 g/mol. The fourth-order valence-electron chi connectivity index (χ4n) is 1.99. The van der Waals surface area contributed by atoms with Gasteiger partial charge in [0.25, 0.3) is 10.0 Å². The molecular weight excluding hydrogens is 377 g/mol. The van der Waals surface area contributed by atoms with Gasteiger partial charge in [0, 0.05) is 6.20 Å². The molecule has 0 amide bonds. The van der Waals surface area contributed by atoms with Crippen molar-refractivity contribution in [3.63, 3.8) is 0 Å². The van der Waals surface area contributed by atoms with Gasteiger partial charge in [-0.3, -0.25) is 9.40 Å². The SMILES string of the molecule is O=S(=O)(Nc1cnn(Cc2ccccc2)c1)c1cc(Cl)sc1Cl. The Hall–Kier alpha value is -1.54. The van der Waals surface area contributed by atoms with E-state index in [9.17, 15) is 8.42 Å². The summed E-state index contributed by atoms with van der Waals surface area (Å²) in [5, 5.41) is 4.15. The molecule has 0 aliphatic carbocycles. The molecule has 0 bridgehead atoms. The fraction of sp³-hybridized carbons (Fsp3) is 0.0714. The molecule has 0 spiro atoms. The largest absolute Gasteiger partial charge is 0.276 e. The van der Waals surface area contributed by atoms with E-state index in [0.29, 0.717) is 16.6 Å². The lowest BCUT2D eigenvalue weighted by Crippen LogP contribution is -2.12. The Morgan fingerprint density at radius 1 is 1.22 bits per heavy atom. The minimum atomic E-state index is -3.79. The molecule has 23 heavy (non-hydrogen) atoms. The van der Waals surface area contributed by atoms with Crippen molar-refractivity contribution < 1.29 is 8.42 Å². The van der Waals surface area contributed by atoms with Gasteiger partial charge in [-0.15, -0.1) is 11.3 Å². The number of aromatic nitrogens is 2. The average molecular weight is 388 g/mol. The molecule has 0 saturated carbocycles. The number of rotatable bonds is 5. The highest BCUT2D eigenvalue weighted by Crippen LogP contribution is 2.35. The minimum Gasteiger partial charge on any atom is -0.276 e. The Balaban J connectivity index is 1.77. The van der Waals surface area contributed by atoms with Crippen LogP contribution in [0.3, 0.4) is 0 Å². The van der Waals surface area contributed by atoms with Gasteiger partial charge in [0.05, 0.1) is 22.8 Å². The van der Waals surface area contributed by atoms with Crippen molar-refractivity contribution in [1.29, 1.82) is 0 Å². The van der Waals surface area contributed by atoms with Crippen molar-refractivity contribution in [2.45, 2.75) is 11.4 Å². The summed E-state index contributed by atoms with van der Waals surface area (Å²) in [6, 6.07) is 11.1. The molecule has 0 aliphatic rings. The van der Waals surface area contributed by atoms with Gasteiger partial charge in [-0.1, -0.05) is 53.5 Å². The summed E-state index contributed by atoms with van der Waals surface area (Å²) < 4.78 is 29.2. The number of thiophene rings is 1. The first-order chi connectivity index (χ1) is 10.9. The van der Waals surface area contributed by atoms with E-state index in [-0.39, 0.29) is 9.23 Å². The van der Waals surface area contributed by atoms with Crippen LogP contribution in [0.4, 0.5) is 5.69 Å². The molecule has 0 aliphatic heterocycles. The Morgan fingerprint density at radius 2 is 1.96 bits per heavy atom. The molecule has 2 aromatic heterocycles. The summed E-state index contributed by atoms with van der Waals surface area (Å²) in [5.41, 5.74) is 1.43. The Morgan fingerprint density at radius 3 is 2.61 bits per heavy atom. The summed E-state index contributed by atoms with van der Waals surface area (Å²) in [6.45, 7) is 0.549. The summed E-state index contributed by atoms with van der Waals surface area (Å²) in [7, 11) is -3.79. The predicted molar refractivity (Wildman–Crippen MR) is 92.9 cm³/mol. The van der Waals surface area contributed by atoms with E-state index in [2.05, 4.69) is 9.82 Å². The van der Waals surface area contributed by atoms with Crippen molar-refractivity contribution in [2.75, 3.05) is 4.72 Å². The second-order valence-electron chi connectivity index (χ2n) is 4.71. The highest BCUT2D eigenvalue weighted by atomic mass is 35.5. The molecule has 0 atom stereocenters. The molecular formula is C14H11Cl2N3O2S2. The Labute approximate surface area is 147 Å². The fourth-order valence-corrected chi connectivity index (χ4v) is 5.17. The zero-order valence-electron chi connectivity index (χ0n) is 11.6. The second-order valence-corrected chi connectivity index (χ2v) is 8.64. The van der Waals surface area contributed by atoms with Gasteiger partial charge in [-0.2, -0.15) is 5.10 Å². The van der Waals surface area contributed by atoms with Gasteiger partial charge in [0.1, 0.15) is 9.23 Å². The van der Waals surface area contributed by atoms with Crippen LogP contribution >= 0.6 is 34.5 Å². The summed E-state index contributed by atoms with van der Waals surface area (Å²) in [5.74, 6) is 0. The standard InChI is InChI=1S/C14H11Cl2N3O2S2/c15-13-6-12(14(16)22-13)23(20,21)18-11-7-17-19(9-11)8-10-4-2-1-3-5-10/h1-7,9,18H,8H2. The van der Waals surface area contributed by atoms with Gasteiger partial charge in [-0.05, 0) is 11.6 Å². The zero-order valence-corrected chi connectivity index (χ0v) is 14.8.